The lowest BCUT2D eigenvalue weighted by Gasteiger charge is -2.10. The van der Waals surface area contributed by atoms with Crippen molar-refractivity contribution in [1.29, 1.82) is 0 Å². The van der Waals surface area contributed by atoms with Gasteiger partial charge in [0.05, 0.1) is 16.9 Å². The fourth-order valence-electron chi connectivity index (χ4n) is 2.08. The number of aliphatic imine (C=N–C) groups is 1. The maximum atomic E-state index is 4.55. The smallest absolute Gasteiger partial charge is 0.191 e. The molecule has 0 fully saturated rings. The normalized spacial score (nSPS) is 11.2. The number of hydrogen-bond acceptors (Lipinski definition) is 4. The third kappa shape index (κ3) is 6.46. The fourth-order valence-corrected chi connectivity index (χ4v) is 3.01. The molecule has 0 aliphatic carbocycles. The minimum Gasteiger partial charge on any atom is -0.356 e. The van der Waals surface area contributed by atoms with Crippen molar-refractivity contribution >= 4 is 41.3 Å². The molecule has 0 saturated heterocycles. The third-order valence-electron chi connectivity index (χ3n) is 3.39. The summed E-state index contributed by atoms with van der Waals surface area (Å²) in [4.78, 5) is 10.1. The van der Waals surface area contributed by atoms with Gasteiger partial charge < -0.3 is 10.6 Å². The number of thiazole rings is 1. The van der Waals surface area contributed by atoms with Gasteiger partial charge in [-0.1, -0.05) is 0 Å². The van der Waals surface area contributed by atoms with Crippen LogP contribution < -0.4 is 10.6 Å². The molecule has 0 spiro atoms. The molecule has 2 heterocycles. The molecule has 2 aromatic heterocycles. The summed E-state index contributed by atoms with van der Waals surface area (Å²) >= 11 is 1.77. The number of nitrogens with zero attached hydrogens (tertiary/aromatic N) is 4. The number of hydrogen-bond donors (Lipinski definition) is 2. The minimum atomic E-state index is 0. The highest BCUT2D eigenvalue weighted by Crippen LogP contribution is 2.16. The number of halogens is 1. The Labute approximate surface area is 158 Å². The first-order chi connectivity index (χ1) is 10.6. The number of guanidine groups is 1. The van der Waals surface area contributed by atoms with Gasteiger partial charge >= 0.3 is 0 Å². The average Bonchev–Trinajstić information content (AvgIpc) is 3.03. The SMILES string of the molecule is CN=C(NCCc1cnn(C)c1)NCCc1nc(C)c(C)s1.I. The van der Waals surface area contributed by atoms with Crippen molar-refractivity contribution in [2.75, 3.05) is 20.1 Å². The molecule has 0 radical (unpaired) electrons. The molecule has 2 rings (SSSR count). The quantitative estimate of drug-likeness (QED) is 0.404. The maximum Gasteiger partial charge on any atom is 0.191 e. The van der Waals surface area contributed by atoms with Crippen molar-refractivity contribution in [3.8, 4) is 0 Å². The van der Waals surface area contributed by atoms with Crippen LogP contribution >= 0.6 is 35.3 Å². The Balaban J connectivity index is 0.00000264. The van der Waals surface area contributed by atoms with E-state index in [1.54, 1.807) is 18.4 Å². The van der Waals surface area contributed by atoms with E-state index >= 15 is 0 Å². The van der Waals surface area contributed by atoms with Crippen molar-refractivity contribution < 1.29 is 0 Å². The lowest BCUT2D eigenvalue weighted by molar-refractivity contribution is 0.764. The molecule has 0 aliphatic heterocycles. The Morgan fingerprint density at radius 2 is 1.96 bits per heavy atom. The Bertz CT molecular complexity index is 614. The molecule has 0 aromatic carbocycles. The second kappa shape index (κ2) is 9.86. The van der Waals surface area contributed by atoms with E-state index in [1.807, 2.05) is 24.1 Å². The van der Waals surface area contributed by atoms with Crippen molar-refractivity contribution in [3.05, 3.63) is 33.5 Å². The molecule has 128 valence electrons. The molecular formula is C15H25IN6S. The third-order valence-corrected chi connectivity index (χ3v) is 4.52. The number of aryl methyl sites for hydroxylation is 3. The van der Waals surface area contributed by atoms with Crippen LogP contribution in [0.25, 0.3) is 0 Å². The predicted octanol–water partition coefficient (Wildman–Crippen LogP) is 2.06. The lowest BCUT2D eigenvalue weighted by atomic mass is 10.2. The first-order valence-electron chi connectivity index (χ1n) is 7.43. The van der Waals surface area contributed by atoms with Gasteiger partial charge in [0.2, 0.25) is 0 Å². The summed E-state index contributed by atoms with van der Waals surface area (Å²) in [6.07, 6.45) is 5.78. The van der Waals surface area contributed by atoms with Crippen LogP contribution in [0, 0.1) is 13.8 Å². The summed E-state index contributed by atoms with van der Waals surface area (Å²) in [6, 6.07) is 0. The van der Waals surface area contributed by atoms with E-state index in [0.29, 0.717) is 0 Å². The fraction of sp³-hybridized carbons (Fsp3) is 0.533. The number of nitrogens with one attached hydrogen (secondary N) is 2. The molecular weight excluding hydrogens is 423 g/mol. The molecule has 6 nitrogen and oxygen atoms in total. The van der Waals surface area contributed by atoms with E-state index in [9.17, 15) is 0 Å². The first-order valence-corrected chi connectivity index (χ1v) is 8.25. The average molecular weight is 448 g/mol. The van der Waals surface area contributed by atoms with E-state index in [0.717, 1.165) is 37.6 Å². The standard InChI is InChI=1S/C15H24N6S.HI/c1-11-12(2)22-14(20-11)6-8-18-15(16-3)17-7-5-13-9-19-21(4)10-13;/h9-10H,5-8H2,1-4H3,(H2,16,17,18);1H. The Morgan fingerprint density at radius 1 is 1.26 bits per heavy atom. The van der Waals surface area contributed by atoms with Gasteiger partial charge in [0.25, 0.3) is 0 Å². The monoisotopic (exact) mass is 448 g/mol. The van der Waals surface area contributed by atoms with Crippen LogP contribution in [0.2, 0.25) is 0 Å². The highest BCUT2D eigenvalue weighted by molar-refractivity contribution is 14.0. The van der Waals surface area contributed by atoms with Crippen LogP contribution in [-0.4, -0.2) is 40.9 Å². The Hall–Kier alpha value is -1.16. The topological polar surface area (TPSA) is 67.1 Å². The van der Waals surface area contributed by atoms with E-state index in [1.165, 1.54) is 15.4 Å². The van der Waals surface area contributed by atoms with Crippen LogP contribution in [0.15, 0.2) is 17.4 Å². The summed E-state index contributed by atoms with van der Waals surface area (Å²) in [6.45, 7) is 5.84. The van der Waals surface area contributed by atoms with Crippen LogP contribution in [0.3, 0.4) is 0 Å². The van der Waals surface area contributed by atoms with Crippen molar-refractivity contribution in [3.63, 3.8) is 0 Å². The van der Waals surface area contributed by atoms with Gasteiger partial charge in [-0.3, -0.25) is 9.67 Å². The van der Waals surface area contributed by atoms with Crippen LogP contribution in [0.4, 0.5) is 0 Å². The van der Waals surface area contributed by atoms with Crippen LogP contribution in [0.1, 0.15) is 21.1 Å². The van der Waals surface area contributed by atoms with Crippen LogP contribution in [-0.2, 0) is 19.9 Å². The number of aromatic nitrogens is 3. The Morgan fingerprint density at radius 3 is 2.48 bits per heavy atom. The highest BCUT2D eigenvalue weighted by atomic mass is 127. The summed E-state index contributed by atoms with van der Waals surface area (Å²) in [5.74, 6) is 0.828. The van der Waals surface area contributed by atoms with Crippen molar-refractivity contribution in [2.45, 2.75) is 26.7 Å². The van der Waals surface area contributed by atoms with E-state index in [4.69, 9.17) is 0 Å². The van der Waals surface area contributed by atoms with E-state index in [2.05, 4.69) is 39.6 Å². The summed E-state index contributed by atoms with van der Waals surface area (Å²) in [5, 5.41) is 12.0. The maximum absolute atomic E-state index is 4.55. The summed E-state index contributed by atoms with van der Waals surface area (Å²) < 4.78 is 1.82. The first kappa shape index (κ1) is 19.9. The molecule has 23 heavy (non-hydrogen) atoms. The van der Waals surface area contributed by atoms with E-state index in [-0.39, 0.29) is 24.0 Å². The molecule has 2 N–H and O–H groups in total. The zero-order valence-corrected chi connectivity index (χ0v) is 17.2. The molecule has 0 unspecified atom stereocenters. The highest BCUT2D eigenvalue weighted by Gasteiger charge is 2.04. The lowest BCUT2D eigenvalue weighted by Crippen LogP contribution is -2.39. The van der Waals surface area contributed by atoms with Gasteiger partial charge in [-0.25, -0.2) is 4.98 Å². The second-order valence-electron chi connectivity index (χ2n) is 5.20. The molecule has 0 atom stereocenters. The van der Waals surface area contributed by atoms with Gasteiger partial charge in [-0.15, -0.1) is 35.3 Å². The minimum absolute atomic E-state index is 0. The molecule has 0 bridgehead atoms. The second-order valence-corrected chi connectivity index (χ2v) is 6.48. The summed E-state index contributed by atoms with van der Waals surface area (Å²) in [7, 11) is 3.72. The van der Waals surface area contributed by atoms with Gasteiger partial charge in [-0.05, 0) is 25.8 Å². The molecule has 2 aromatic rings. The van der Waals surface area contributed by atoms with E-state index < -0.39 is 0 Å². The van der Waals surface area contributed by atoms with Crippen LogP contribution in [0.5, 0.6) is 0 Å². The molecule has 0 amide bonds. The zero-order chi connectivity index (χ0) is 15.9. The zero-order valence-electron chi connectivity index (χ0n) is 14.1. The molecule has 0 saturated carbocycles. The largest absolute Gasteiger partial charge is 0.356 e. The number of rotatable bonds is 6. The van der Waals surface area contributed by atoms with Gasteiger partial charge in [0.15, 0.2) is 5.96 Å². The van der Waals surface area contributed by atoms with Gasteiger partial charge in [0, 0.05) is 44.7 Å². The predicted molar refractivity (Wildman–Crippen MR) is 107 cm³/mol. The molecule has 0 aliphatic rings. The Kier molecular flexibility index (Phi) is 8.53. The van der Waals surface area contributed by atoms with Crippen molar-refractivity contribution in [2.24, 2.45) is 12.0 Å². The molecule has 8 heteroatoms. The van der Waals surface area contributed by atoms with Crippen molar-refractivity contribution in [1.82, 2.24) is 25.4 Å². The van der Waals surface area contributed by atoms with Gasteiger partial charge in [0.1, 0.15) is 0 Å². The summed E-state index contributed by atoms with van der Waals surface area (Å²) in [5.41, 5.74) is 2.36. The van der Waals surface area contributed by atoms with Gasteiger partial charge in [-0.2, -0.15) is 5.10 Å².